The van der Waals surface area contributed by atoms with E-state index >= 15 is 0 Å². The van der Waals surface area contributed by atoms with E-state index in [4.69, 9.17) is 5.73 Å². The van der Waals surface area contributed by atoms with Crippen molar-refractivity contribution in [2.75, 3.05) is 20.6 Å². The number of hydrogen-bond acceptors (Lipinski definition) is 9. The van der Waals surface area contributed by atoms with Crippen molar-refractivity contribution >= 4 is 33.4 Å². The number of Topliss-reactive ketones (excluding diaryl/α,β-unsaturated/α-hetero) is 2. The van der Waals surface area contributed by atoms with Gasteiger partial charge >= 0.3 is 0 Å². The second kappa shape index (κ2) is 12.4. The second-order valence-corrected chi connectivity index (χ2v) is 13.6. The van der Waals surface area contributed by atoms with Gasteiger partial charge in [-0.15, -0.1) is 0 Å². The summed E-state index contributed by atoms with van der Waals surface area (Å²) in [6, 6.07) is 18.3. The second-order valence-electron chi connectivity index (χ2n) is 12.7. The number of aliphatic hydroxyl groups is 3. The molecule has 3 aliphatic carbocycles. The number of fused-ring (bicyclic) bond motifs is 3. The molecule has 0 aliphatic heterocycles. The number of hydrogen-bond donors (Lipinski definition) is 6. The Bertz CT molecular complexity index is 1850. The van der Waals surface area contributed by atoms with Gasteiger partial charge in [0.15, 0.2) is 11.4 Å². The maximum Gasteiger partial charge on any atom is 0.255 e. The molecule has 0 bridgehead atoms. The molecule has 3 aromatic rings. The molecule has 11 heteroatoms. The lowest BCUT2D eigenvalue weighted by Crippen LogP contribution is -2.63. The Morgan fingerprint density at radius 3 is 2.30 bits per heavy atom. The summed E-state index contributed by atoms with van der Waals surface area (Å²) in [6.07, 6.45) is 1.15. The van der Waals surface area contributed by atoms with Crippen LogP contribution in [0.4, 0.5) is 0 Å². The maximum absolute atomic E-state index is 14.0. The summed E-state index contributed by atoms with van der Waals surface area (Å²) in [5, 5.41) is 48.6. The van der Waals surface area contributed by atoms with E-state index in [1.54, 1.807) is 20.2 Å². The van der Waals surface area contributed by atoms with E-state index in [-0.39, 0.29) is 29.7 Å². The van der Waals surface area contributed by atoms with Crippen LogP contribution in [0, 0.1) is 11.8 Å². The lowest BCUT2D eigenvalue weighted by atomic mass is 9.58. The predicted octanol–water partition coefficient (Wildman–Crippen LogP) is 3.88. The monoisotopic (exact) mass is 701 g/mol. The summed E-state index contributed by atoms with van der Waals surface area (Å²) >= 11 is 3.45. The molecule has 10 nitrogen and oxygen atoms in total. The summed E-state index contributed by atoms with van der Waals surface area (Å²) in [7, 11) is 3.20. The van der Waals surface area contributed by atoms with Crippen LogP contribution in [0.1, 0.15) is 33.5 Å². The Labute approximate surface area is 280 Å². The van der Waals surface area contributed by atoms with Crippen molar-refractivity contribution in [2.24, 2.45) is 17.6 Å². The Morgan fingerprint density at radius 2 is 1.66 bits per heavy atom. The van der Waals surface area contributed by atoms with E-state index in [0.717, 1.165) is 34.1 Å². The fourth-order valence-electron chi connectivity index (χ4n) is 7.44. The van der Waals surface area contributed by atoms with Gasteiger partial charge < -0.3 is 31.5 Å². The highest BCUT2D eigenvalue weighted by atomic mass is 79.9. The molecule has 0 saturated heterocycles. The average Bonchev–Trinajstić information content (AvgIpc) is 3.02. The first kappa shape index (κ1) is 32.6. The molecule has 0 saturated carbocycles. The van der Waals surface area contributed by atoms with Crippen molar-refractivity contribution < 1.29 is 34.8 Å². The fraction of sp³-hybridized carbons (Fsp3) is 0.306. The summed E-state index contributed by atoms with van der Waals surface area (Å²) in [6.45, 7) is 1.49. The number of ketones is 2. The van der Waals surface area contributed by atoms with Crippen molar-refractivity contribution in [1.29, 1.82) is 0 Å². The number of amides is 1. The third-order valence-corrected chi connectivity index (χ3v) is 10.2. The molecule has 0 unspecified atom stereocenters. The molecule has 0 spiro atoms. The van der Waals surface area contributed by atoms with Gasteiger partial charge in [0.1, 0.15) is 22.8 Å². The van der Waals surface area contributed by atoms with E-state index in [1.807, 2.05) is 36.4 Å². The number of carbonyl (C=O) groups excluding carboxylic acids is 3. The zero-order chi connectivity index (χ0) is 33.8. The van der Waals surface area contributed by atoms with Gasteiger partial charge in [0.2, 0.25) is 5.78 Å². The minimum Gasteiger partial charge on any atom is -0.510 e. The van der Waals surface area contributed by atoms with Gasteiger partial charge in [-0.2, -0.15) is 0 Å². The third kappa shape index (κ3) is 5.46. The van der Waals surface area contributed by atoms with Gasteiger partial charge in [-0.1, -0.05) is 58.4 Å². The highest BCUT2D eigenvalue weighted by Crippen LogP contribution is 2.53. The molecule has 4 atom stereocenters. The SMILES string of the molecule is CN(C)[C@@H]1C(O)=C(C(N)=O)C(=O)[C@@]2(O)C(O)=C3C(=O)c4c(O)ccc(-c5ccc(CNCCc6ccc(Br)cc6)cc5)c4C[C@H]3C[C@@H]12. The van der Waals surface area contributed by atoms with Crippen LogP contribution in [-0.4, -0.2) is 75.1 Å². The number of halogens is 1. The number of nitrogens with two attached hydrogens (primary N) is 1. The number of aliphatic hydroxyl groups excluding tert-OH is 2. The average molecular weight is 703 g/mol. The first-order valence-electron chi connectivity index (χ1n) is 15.4. The number of likely N-dealkylation sites (N-methyl/N-ethyl adjacent to an activating group) is 1. The van der Waals surface area contributed by atoms with Crippen molar-refractivity contribution in [3.8, 4) is 16.9 Å². The summed E-state index contributed by atoms with van der Waals surface area (Å²) in [5.41, 5.74) is 6.21. The number of phenols is 1. The predicted molar refractivity (Wildman–Crippen MR) is 179 cm³/mol. The molecule has 0 heterocycles. The van der Waals surface area contributed by atoms with Gasteiger partial charge in [-0.05, 0) is 91.8 Å². The zero-order valence-electron chi connectivity index (χ0n) is 26.0. The Hall–Kier alpha value is -4.29. The summed E-state index contributed by atoms with van der Waals surface area (Å²) < 4.78 is 1.05. The highest BCUT2D eigenvalue weighted by Gasteiger charge is 2.63. The molecule has 1 amide bonds. The first-order chi connectivity index (χ1) is 22.3. The molecule has 0 fully saturated rings. The molecule has 0 aromatic heterocycles. The zero-order valence-corrected chi connectivity index (χ0v) is 27.5. The standard InChI is InChI=1S/C36H36BrN3O7/c1-40(2)30-25-16-21-15-24-23(20-7-3-19(4-8-20)17-39-14-13-18-5-9-22(37)10-6-18)11-12-26(41)28(24)31(42)27(21)33(44)36(25,47)34(45)29(32(30)43)35(38)46/h3-12,21,25,30,39,41,43-44,47H,13-17H2,1-2H3,(H2,38,46)/t21-,25-,30-,36-/m0/s1. The molecule has 47 heavy (non-hydrogen) atoms. The molecule has 3 aliphatic rings. The first-order valence-corrected chi connectivity index (χ1v) is 16.2. The van der Waals surface area contributed by atoms with E-state index < -0.39 is 58.0 Å². The molecule has 244 valence electrons. The molecule has 7 N–H and O–H groups in total. The highest BCUT2D eigenvalue weighted by molar-refractivity contribution is 9.10. The fourth-order valence-corrected chi connectivity index (χ4v) is 7.70. The number of phenolic OH excluding ortho intramolecular Hbond substituents is 1. The smallest absolute Gasteiger partial charge is 0.255 e. The van der Waals surface area contributed by atoms with Crippen LogP contribution in [0.2, 0.25) is 0 Å². The Balaban J connectivity index is 1.30. The number of benzene rings is 3. The summed E-state index contributed by atoms with van der Waals surface area (Å²) in [4.78, 5) is 41.2. The van der Waals surface area contributed by atoms with Gasteiger partial charge in [0.05, 0.1) is 11.6 Å². The number of nitrogens with zero attached hydrogens (tertiary/aromatic N) is 1. The largest absolute Gasteiger partial charge is 0.510 e. The van der Waals surface area contributed by atoms with Crippen LogP contribution in [0.25, 0.3) is 11.1 Å². The number of primary amides is 1. The van der Waals surface area contributed by atoms with Crippen LogP contribution in [0.5, 0.6) is 5.75 Å². The number of allylic oxidation sites excluding steroid dienone is 1. The van der Waals surface area contributed by atoms with Crippen LogP contribution < -0.4 is 11.1 Å². The van der Waals surface area contributed by atoms with E-state index in [9.17, 15) is 34.8 Å². The Kier molecular flexibility index (Phi) is 8.60. The number of rotatable bonds is 8. The van der Waals surface area contributed by atoms with Crippen LogP contribution in [-0.2, 0) is 29.0 Å². The lowest BCUT2D eigenvalue weighted by molar-refractivity contribution is -0.148. The number of carbonyl (C=O) groups is 3. The van der Waals surface area contributed by atoms with Gasteiger partial charge in [-0.3, -0.25) is 19.3 Å². The quantitative estimate of drug-likeness (QED) is 0.151. The van der Waals surface area contributed by atoms with E-state index in [0.29, 0.717) is 12.1 Å². The number of nitrogens with one attached hydrogen (secondary N) is 1. The topological polar surface area (TPSA) is 173 Å². The minimum atomic E-state index is -2.67. The van der Waals surface area contributed by atoms with E-state index in [1.165, 1.54) is 16.5 Å². The maximum atomic E-state index is 14.0. The Morgan fingerprint density at radius 1 is 1.00 bits per heavy atom. The van der Waals surface area contributed by atoms with Crippen LogP contribution in [0.15, 0.2) is 87.8 Å². The van der Waals surface area contributed by atoms with Crippen molar-refractivity contribution in [2.45, 2.75) is 37.5 Å². The van der Waals surface area contributed by atoms with Crippen molar-refractivity contribution in [1.82, 2.24) is 10.2 Å². The number of aromatic hydroxyl groups is 1. The van der Waals surface area contributed by atoms with Crippen molar-refractivity contribution in [3.63, 3.8) is 0 Å². The van der Waals surface area contributed by atoms with E-state index in [2.05, 4.69) is 33.4 Å². The van der Waals surface area contributed by atoms with Crippen molar-refractivity contribution in [3.05, 3.63) is 110 Å². The molecular weight excluding hydrogens is 666 g/mol. The minimum absolute atomic E-state index is 0.0121. The van der Waals surface area contributed by atoms with Gasteiger partial charge in [-0.25, -0.2) is 0 Å². The van der Waals surface area contributed by atoms with Gasteiger partial charge in [0, 0.05) is 22.5 Å². The van der Waals surface area contributed by atoms with Gasteiger partial charge in [0.25, 0.3) is 5.91 Å². The normalized spacial score (nSPS) is 23.9. The summed E-state index contributed by atoms with van der Waals surface area (Å²) in [5.74, 6) is -6.70. The molecule has 3 aromatic carbocycles. The molecular formula is C36H36BrN3O7. The molecule has 0 radical (unpaired) electrons. The van der Waals surface area contributed by atoms with Crippen LogP contribution in [0.3, 0.4) is 0 Å². The van der Waals surface area contributed by atoms with Crippen LogP contribution >= 0.6 is 15.9 Å². The lowest BCUT2D eigenvalue weighted by Gasteiger charge is -2.50. The third-order valence-electron chi connectivity index (χ3n) is 9.70. The molecule has 6 rings (SSSR count).